The van der Waals surface area contributed by atoms with E-state index in [4.69, 9.17) is 10.5 Å². The second-order valence-electron chi connectivity index (χ2n) is 3.21. The van der Waals surface area contributed by atoms with Crippen LogP contribution in [0.4, 0.5) is 0 Å². The fourth-order valence-corrected chi connectivity index (χ4v) is 1.71. The van der Waals surface area contributed by atoms with Gasteiger partial charge in [-0.3, -0.25) is 4.79 Å². The summed E-state index contributed by atoms with van der Waals surface area (Å²) in [7, 11) is 1.72. The first kappa shape index (κ1) is 8.53. The van der Waals surface area contributed by atoms with Gasteiger partial charge in [0.1, 0.15) is 0 Å². The SMILES string of the molecule is CO[C@@H]1CC[C@@H](CC(N)=O)C1. The van der Waals surface area contributed by atoms with Crippen molar-refractivity contribution in [3.63, 3.8) is 0 Å². The largest absolute Gasteiger partial charge is 0.381 e. The van der Waals surface area contributed by atoms with Gasteiger partial charge in [0.05, 0.1) is 6.10 Å². The van der Waals surface area contributed by atoms with E-state index >= 15 is 0 Å². The first-order valence-corrected chi connectivity index (χ1v) is 4.03. The van der Waals surface area contributed by atoms with E-state index in [1.807, 2.05) is 0 Å². The molecule has 0 spiro atoms. The fourth-order valence-electron chi connectivity index (χ4n) is 1.71. The van der Waals surface area contributed by atoms with Gasteiger partial charge in [-0.1, -0.05) is 0 Å². The number of carbonyl (C=O) groups excluding carboxylic acids is 1. The van der Waals surface area contributed by atoms with Crippen LogP contribution in [0, 0.1) is 5.92 Å². The van der Waals surface area contributed by atoms with E-state index in [0.717, 1.165) is 19.3 Å². The van der Waals surface area contributed by atoms with Crippen molar-refractivity contribution in [3.8, 4) is 0 Å². The zero-order chi connectivity index (χ0) is 8.27. The van der Waals surface area contributed by atoms with E-state index in [0.29, 0.717) is 18.4 Å². The van der Waals surface area contributed by atoms with Gasteiger partial charge in [-0.2, -0.15) is 0 Å². The molecule has 0 aliphatic heterocycles. The molecule has 0 aromatic rings. The van der Waals surface area contributed by atoms with Crippen LogP contribution in [-0.4, -0.2) is 19.1 Å². The third kappa shape index (κ3) is 2.50. The molecule has 2 atom stereocenters. The molecule has 1 fully saturated rings. The standard InChI is InChI=1S/C8H15NO2/c1-11-7-3-2-6(4-7)5-8(9)10/h6-7H,2-5H2,1H3,(H2,9,10)/t6-,7-/m1/s1. The third-order valence-corrected chi connectivity index (χ3v) is 2.32. The average Bonchev–Trinajstić information content (AvgIpc) is 2.34. The number of rotatable bonds is 3. The van der Waals surface area contributed by atoms with Crippen molar-refractivity contribution >= 4 is 5.91 Å². The second kappa shape index (κ2) is 3.72. The summed E-state index contributed by atoms with van der Waals surface area (Å²) >= 11 is 0. The Labute approximate surface area is 66.9 Å². The summed E-state index contributed by atoms with van der Waals surface area (Å²) in [4.78, 5) is 10.5. The molecule has 64 valence electrons. The Bertz CT molecular complexity index is 147. The zero-order valence-corrected chi connectivity index (χ0v) is 6.88. The van der Waals surface area contributed by atoms with Crippen LogP contribution in [0.1, 0.15) is 25.7 Å². The van der Waals surface area contributed by atoms with Crippen LogP contribution in [-0.2, 0) is 9.53 Å². The third-order valence-electron chi connectivity index (χ3n) is 2.32. The zero-order valence-electron chi connectivity index (χ0n) is 6.88. The molecule has 0 heterocycles. The highest BCUT2D eigenvalue weighted by Gasteiger charge is 2.25. The molecule has 3 heteroatoms. The number of amides is 1. The number of hydrogen-bond donors (Lipinski definition) is 1. The summed E-state index contributed by atoms with van der Waals surface area (Å²) < 4.78 is 5.17. The first-order valence-electron chi connectivity index (χ1n) is 4.03. The molecule has 3 nitrogen and oxygen atoms in total. The van der Waals surface area contributed by atoms with Crippen molar-refractivity contribution in [2.45, 2.75) is 31.8 Å². The Morgan fingerprint density at radius 3 is 2.82 bits per heavy atom. The lowest BCUT2D eigenvalue weighted by molar-refractivity contribution is -0.118. The molecule has 0 radical (unpaired) electrons. The Balaban J connectivity index is 2.24. The lowest BCUT2D eigenvalue weighted by Crippen LogP contribution is -2.15. The lowest BCUT2D eigenvalue weighted by Gasteiger charge is -2.07. The van der Waals surface area contributed by atoms with Gasteiger partial charge in [0.15, 0.2) is 0 Å². The molecule has 1 amide bonds. The van der Waals surface area contributed by atoms with E-state index in [9.17, 15) is 4.79 Å². The smallest absolute Gasteiger partial charge is 0.217 e. The maximum absolute atomic E-state index is 10.5. The number of methoxy groups -OCH3 is 1. The van der Waals surface area contributed by atoms with Crippen molar-refractivity contribution in [3.05, 3.63) is 0 Å². The van der Waals surface area contributed by atoms with Crippen LogP contribution >= 0.6 is 0 Å². The van der Waals surface area contributed by atoms with Crippen LogP contribution < -0.4 is 5.73 Å². The van der Waals surface area contributed by atoms with Gasteiger partial charge < -0.3 is 10.5 Å². The number of nitrogens with two attached hydrogens (primary N) is 1. The molecule has 0 bridgehead atoms. The van der Waals surface area contributed by atoms with Crippen LogP contribution in [0.25, 0.3) is 0 Å². The van der Waals surface area contributed by atoms with Crippen molar-refractivity contribution in [2.24, 2.45) is 11.7 Å². The molecular weight excluding hydrogens is 142 g/mol. The molecule has 1 saturated carbocycles. The highest BCUT2D eigenvalue weighted by atomic mass is 16.5. The highest BCUT2D eigenvalue weighted by Crippen LogP contribution is 2.29. The fraction of sp³-hybridized carbons (Fsp3) is 0.875. The molecule has 11 heavy (non-hydrogen) atoms. The molecule has 2 N–H and O–H groups in total. The summed E-state index contributed by atoms with van der Waals surface area (Å²) in [5, 5.41) is 0. The summed E-state index contributed by atoms with van der Waals surface area (Å²) in [6.45, 7) is 0. The lowest BCUT2D eigenvalue weighted by atomic mass is 10.0. The van der Waals surface area contributed by atoms with Crippen LogP contribution in [0.5, 0.6) is 0 Å². The normalized spacial score (nSPS) is 30.6. The maximum atomic E-state index is 10.5. The molecule has 0 saturated heterocycles. The van der Waals surface area contributed by atoms with Gasteiger partial charge in [-0.05, 0) is 25.2 Å². The molecule has 0 unspecified atom stereocenters. The Hall–Kier alpha value is -0.570. The first-order chi connectivity index (χ1) is 5.22. The van der Waals surface area contributed by atoms with Gasteiger partial charge in [0.2, 0.25) is 5.91 Å². The van der Waals surface area contributed by atoms with Crippen molar-refractivity contribution < 1.29 is 9.53 Å². The van der Waals surface area contributed by atoms with E-state index in [2.05, 4.69) is 0 Å². The van der Waals surface area contributed by atoms with E-state index < -0.39 is 0 Å². The maximum Gasteiger partial charge on any atom is 0.217 e. The quantitative estimate of drug-likeness (QED) is 0.654. The van der Waals surface area contributed by atoms with E-state index in [1.165, 1.54) is 0 Å². The van der Waals surface area contributed by atoms with Gasteiger partial charge in [-0.15, -0.1) is 0 Å². The van der Waals surface area contributed by atoms with E-state index in [1.54, 1.807) is 7.11 Å². The van der Waals surface area contributed by atoms with Crippen molar-refractivity contribution in [1.29, 1.82) is 0 Å². The predicted octanol–water partition coefficient (Wildman–Crippen LogP) is 0.677. The van der Waals surface area contributed by atoms with Crippen molar-refractivity contribution in [1.82, 2.24) is 0 Å². The Morgan fingerprint density at radius 2 is 2.36 bits per heavy atom. The molecule has 1 aliphatic carbocycles. The monoisotopic (exact) mass is 157 g/mol. The number of hydrogen-bond acceptors (Lipinski definition) is 2. The van der Waals surface area contributed by atoms with Gasteiger partial charge in [0.25, 0.3) is 0 Å². The minimum absolute atomic E-state index is 0.188. The van der Waals surface area contributed by atoms with Gasteiger partial charge in [-0.25, -0.2) is 0 Å². The number of carbonyl (C=O) groups is 1. The molecule has 0 aromatic heterocycles. The topological polar surface area (TPSA) is 52.3 Å². The van der Waals surface area contributed by atoms with Crippen LogP contribution in [0.15, 0.2) is 0 Å². The number of ether oxygens (including phenoxy) is 1. The Morgan fingerprint density at radius 1 is 1.64 bits per heavy atom. The summed E-state index contributed by atoms with van der Waals surface area (Å²) in [6, 6.07) is 0. The summed E-state index contributed by atoms with van der Waals surface area (Å²) in [5.74, 6) is 0.282. The highest BCUT2D eigenvalue weighted by molar-refractivity contribution is 5.74. The summed E-state index contributed by atoms with van der Waals surface area (Å²) in [6.07, 6.45) is 4.05. The number of primary amides is 1. The Kier molecular flexibility index (Phi) is 2.88. The molecule has 0 aromatic carbocycles. The van der Waals surface area contributed by atoms with Gasteiger partial charge in [0, 0.05) is 13.5 Å². The van der Waals surface area contributed by atoms with E-state index in [-0.39, 0.29) is 5.91 Å². The minimum Gasteiger partial charge on any atom is -0.381 e. The summed E-state index contributed by atoms with van der Waals surface area (Å²) in [5.41, 5.74) is 5.08. The van der Waals surface area contributed by atoms with Gasteiger partial charge >= 0.3 is 0 Å². The molecule has 1 aliphatic rings. The molecular formula is C8H15NO2. The minimum atomic E-state index is -0.188. The van der Waals surface area contributed by atoms with Crippen LogP contribution in [0.3, 0.4) is 0 Å². The average molecular weight is 157 g/mol. The predicted molar refractivity (Wildman–Crippen MR) is 41.9 cm³/mol. The second-order valence-corrected chi connectivity index (χ2v) is 3.21. The molecule has 1 rings (SSSR count). The van der Waals surface area contributed by atoms with Crippen molar-refractivity contribution in [2.75, 3.05) is 7.11 Å². The van der Waals surface area contributed by atoms with Crippen LogP contribution in [0.2, 0.25) is 0 Å².